The topological polar surface area (TPSA) is 166 Å². The second-order valence-electron chi connectivity index (χ2n) is 5.17. The number of imidazole rings is 1. The highest BCUT2D eigenvalue weighted by Crippen LogP contribution is 2.39. The number of nitrogen functional groups attached to an aromatic ring is 2. The van der Waals surface area contributed by atoms with Crippen LogP contribution in [0.3, 0.4) is 0 Å². The Hall–Kier alpha value is -2.01. The van der Waals surface area contributed by atoms with Crippen LogP contribution in [-0.2, 0) is 4.74 Å². The van der Waals surface area contributed by atoms with E-state index in [2.05, 4.69) is 15.0 Å². The third-order valence-electron chi connectivity index (χ3n) is 3.65. The molecular weight excluding hydrogens is 280 g/mol. The van der Waals surface area contributed by atoms with Crippen molar-refractivity contribution in [1.29, 1.82) is 0 Å². The number of fused-ring (bicyclic) bond motifs is 1. The van der Waals surface area contributed by atoms with Crippen LogP contribution >= 0.6 is 0 Å². The molecular formula is C11H16N6O4. The lowest BCUT2D eigenvalue weighted by atomic mass is 9.96. The maximum Gasteiger partial charge on any atom is 0.224 e. The van der Waals surface area contributed by atoms with Gasteiger partial charge in [0.2, 0.25) is 5.95 Å². The Morgan fingerprint density at radius 2 is 2.14 bits per heavy atom. The Bertz CT molecular complexity index is 687. The van der Waals surface area contributed by atoms with Crippen molar-refractivity contribution in [3.63, 3.8) is 0 Å². The van der Waals surface area contributed by atoms with Gasteiger partial charge in [-0.2, -0.15) is 9.97 Å². The molecule has 7 N–H and O–H groups in total. The quantitative estimate of drug-likeness (QED) is 0.421. The van der Waals surface area contributed by atoms with Crippen molar-refractivity contribution in [2.45, 2.75) is 31.0 Å². The first-order valence-corrected chi connectivity index (χ1v) is 6.28. The summed E-state index contributed by atoms with van der Waals surface area (Å²) in [4.78, 5) is 11.9. The van der Waals surface area contributed by atoms with Crippen LogP contribution in [0, 0.1) is 0 Å². The molecule has 0 saturated carbocycles. The van der Waals surface area contributed by atoms with E-state index in [4.69, 9.17) is 16.2 Å². The van der Waals surface area contributed by atoms with Gasteiger partial charge in [-0.15, -0.1) is 0 Å². The average molecular weight is 296 g/mol. The van der Waals surface area contributed by atoms with Crippen LogP contribution < -0.4 is 11.5 Å². The van der Waals surface area contributed by atoms with Crippen LogP contribution in [0.4, 0.5) is 11.8 Å². The van der Waals surface area contributed by atoms with Crippen molar-refractivity contribution in [3.05, 3.63) is 6.33 Å². The summed E-state index contributed by atoms with van der Waals surface area (Å²) in [6.07, 6.45) is -1.82. The van der Waals surface area contributed by atoms with Crippen LogP contribution in [0.2, 0.25) is 0 Å². The van der Waals surface area contributed by atoms with Crippen LogP contribution in [0.25, 0.3) is 11.2 Å². The molecule has 3 heterocycles. The van der Waals surface area contributed by atoms with E-state index in [1.807, 2.05) is 0 Å². The molecule has 1 saturated heterocycles. The number of nitrogens with zero attached hydrogens (tertiary/aromatic N) is 4. The molecule has 0 spiro atoms. The first-order chi connectivity index (χ1) is 9.86. The summed E-state index contributed by atoms with van der Waals surface area (Å²) in [5.41, 5.74) is 10.2. The van der Waals surface area contributed by atoms with Crippen LogP contribution in [0.5, 0.6) is 0 Å². The van der Waals surface area contributed by atoms with Gasteiger partial charge >= 0.3 is 0 Å². The Morgan fingerprint density at radius 1 is 1.43 bits per heavy atom. The Morgan fingerprint density at radius 3 is 2.76 bits per heavy atom. The van der Waals surface area contributed by atoms with E-state index in [0.29, 0.717) is 5.52 Å². The smallest absolute Gasteiger partial charge is 0.224 e. The zero-order valence-electron chi connectivity index (χ0n) is 11.2. The number of hydrogen-bond donors (Lipinski definition) is 5. The minimum Gasteiger partial charge on any atom is -0.394 e. The molecule has 3 rings (SSSR count). The van der Waals surface area contributed by atoms with Gasteiger partial charge in [0.15, 0.2) is 17.7 Å². The van der Waals surface area contributed by atoms with Gasteiger partial charge in [-0.05, 0) is 6.92 Å². The zero-order valence-corrected chi connectivity index (χ0v) is 11.2. The highest BCUT2D eigenvalue weighted by molar-refractivity contribution is 5.82. The third kappa shape index (κ3) is 1.92. The van der Waals surface area contributed by atoms with E-state index in [0.717, 1.165) is 0 Å². The molecule has 21 heavy (non-hydrogen) atoms. The molecule has 2 aromatic heterocycles. The van der Waals surface area contributed by atoms with E-state index in [-0.39, 0.29) is 17.4 Å². The lowest BCUT2D eigenvalue weighted by Crippen LogP contribution is -2.44. The minimum absolute atomic E-state index is 0.0429. The van der Waals surface area contributed by atoms with Gasteiger partial charge in [-0.3, -0.25) is 4.57 Å². The van der Waals surface area contributed by atoms with Crippen LogP contribution in [0.1, 0.15) is 13.2 Å². The van der Waals surface area contributed by atoms with Gasteiger partial charge < -0.3 is 31.5 Å². The van der Waals surface area contributed by atoms with Gasteiger partial charge in [0.05, 0.1) is 12.9 Å². The number of ether oxygens (including phenoxy) is 1. The Labute approximate surface area is 119 Å². The fourth-order valence-electron chi connectivity index (χ4n) is 2.52. The van der Waals surface area contributed by atoms with Gasteiger partial charge in [0.25, 0.3) is 0 Å². The lowest BCUT2D eigenvalue weighted by molar-refractivity contribution is -0.0950. The first-order valence-electron chi connectivity index (χ1n) is 6.28. The molecule has 0 amide bonds. The SMILES string of the molecule is C[C@@]1(O)C(O)[C@@H](CO)O[C@H]1n1cnc2c(N)nc(N)nc21. The van der Waals surface area contributed by atoms with Gasteiger partial charge in [-0.1, -0.05) is 0 Å². The molecule has 1 aliphatic rings. The van der Waals surface area contributed by atoms with E-state index in [1.54, 1.807) is 0 Å². The maximum absolute atomic E-state index is 10.5. The Kier molecular flexibility index (Phi) is 2.99. The molecule has 0 bridgehead atoms. The number of hydrogen-bond acceptors (Lipinski definition) is 9. The molecule has 4 atom stereocenters. The molecule has 10 heteroatoms. The summed E-state index contributed by atoms with van der Waals surface area (Å²) in [7, 11) is 0. The molecule has 0 aromatic carbocycles. The van der Waals surface area contributed by atoms with E-state index in [9.17, 15) is 15.3 Å². The second-order valence-corrected chi connectivity index (χ2v) is 5.17. The van der Waals surface area contributed by atoms with E-state index >= 15 is 0 Å². The molecule has 2 aromatic rings. The molecule has 1 unspecified atom stereocenters. The van der Waals surface area contributed by atoms with Crippen molar-refractivity contribution in [1.82, 2.24) is 19.5 Å². The number of anilines is 2. The van der Waals surface area contributed by atoms with Gasteiger partial charge in [0.1, 0.15) is 23.3 Å². The number of nitrogens with two attached hydrogens (primary N) is 2. The van der Waals surface area contributed by atoms with Gasteiger partial charge in [0, 0.05) is 0 Å². The number of aromatic nitrogens is 4. The molecule has 114 valence electrons. The molecule has 10 nitrogen and oxygen atoms in total. The number of rotatable bonds is 2. The zero-order chi connectivity index (χ0) is 15.4. The van der Waals surface area contributed by atoms with Crippen molar-refractivity contribution in [3.8, 4) is 0 Å². The van der Waals surface area contributed by atoms with Gasteiger partial charge in [-0.25, -0.2) is 4.98 Å². The lowest BCUT2D eigenvalue weighted by Gasteiger charge is -2.27. The highest BCUT2D eigenvalue weighted by atomic mass is 16.6. The van der Waals surface area contributed by atoms with Crippen LogP contribution in [0.15, 0.2) is 6.33 Å². The van der Waals surface area contributed by atoms with Crippen molar-refractivity contribution >= 4 is 22.9 Å². The molecule has 0 radical (unpaired) electrons. The fraction of sp³-hybridized carbons (Fsp3) is 0.545. The number of aliphatic hydroxyl groups excluding tert-OH is 2. The molecule has 0 aliphatic carbocycles. The summed E-state index contributed by atoms with van der Waals surface area (Å²) in [5, 5.41) is 29.7. The van der Waals surface area contributed by atoms with Crippen LogP contribution in [-0.4, -0.2) is 59.3 Å². The summed E-state index contributed by atoms with van der Waals surface area (Å²) in [6, 6.07) is 0. The summed E-state index contributed by atoms with van der Waals surface area (Å²) >= 11 is 0. The van der Waals surface area contributed by atoms with E-state index < -0.39 is 30.6 Å². The average Bonchev–Trinajstić information content (AvgIpc) is 2.91. The second kappa shape index (κ2) is 4.49. The largest absolute Gasteiger partial charge is 0.394 e. The van der Waals surface area contributed by atoms with Crippen molar-refractivity contribution < 1.29 is 20.1 Å². The first kappa shape index (κ1) is 13.9. The normalized spacial score (nSPS) is 32.9. The molecule has 1 aliphatic heterocycles. The summed E-state index contributed by atoms with van der Waals surface area (Å²) in [5.74, 6) is 0.0618. The molecule has 1 fully saturated rings. The predicted molar refractivity (Wildman–Crippen MR) is 71.8 cm³/mol. The van der Waals surface area contributed by atoms with E-state index in [1.165, 1.54) is 17.8 Å². The predicted octanol–water partition coefficient (Wildman–Crippen LogP) is -2.01. The summed E-state index contributed by atoms with van der Waals surface area (Å²) in [6.45, 7) is 0.970. The maximum atomic E-state index is 10.5. The standard InChI is InChI=1S/C11H16N6O4/c1-11(20)6(19)4(2-18)21-9(11)17-3-14-5-7(12)15-10(13)16-8(5)17/h3-4,6,9,18-20H,2H2,1H3,(H4,12,13,15,16)/t4-,6?,9-,11-/m1/s1. The monoisotopic (exact) mass is 296 g/mol. The highest BCUT2D eigenvalue weighted by Gasteiger charge is 2.53. The van der Waals surface area contributed by atoms with Crippen molar-refractivity contribution in [2.75, 3.05) is 18.1 Å². The summed E-state index contributed by atoms with van der Waals surface area (Å²) < 4.78 is 6.91. The minimum atomic E-state index is -1.64. The Balaban J connectivity index is 2.13. The number of aliphatic hydroxyl groups is 3. The van der Waals surface area contributed by atoms with Crippen molar-refractivity contribution in [2.24, 2.45) is 0 Å². The fourth-order valence-corrected chi connectivity index (χ4v) is 2.52. The third-order valence-corrected chi connectivity index (χ3v) is 3.65.